The zero-order chi connectivity index (χ0) is 20.8. The molecule has 2 rings (SSSR count). The maximum absolute atomic E-state index is 14.3. The molecule has 1 aromatic rings. The number of benzene rings is 1. The molecule has 0 aliphatic carbocycles. The first-order valence-corrected chi connectivity index (χ1v) is 7.38. The Morgan fingerprint density at radius 1 is 1.37 bits per heavy atom. The number of amidine groups is 1. The van der Waals surface area contributed by atoms with Crippen molar-refractivity contribution in [2.75, 3.05) is 11.9 Å². The van der Waals surface area contributed by atoms with E-state index in [4.69, 9.17) is 5.73 Å². The Balaban J connectivity index is 2.46. The fourth-order valence-corrected chi connectivity index (χ4v) is 2.25. The van der Waals surface area contributed by atoms with Gasteiger partial charge in [0.1, 0.15) is 5.82 Å². The predicted octanol–water partition coefficient (Wildman–Crippen LogP) is 2.27. The van der Waals surface area contributed by atoms with Gasteiger partial charge in [-0.15, -0.1) is 0 Å². The van der Waals surface area contributed by atoms with Crippen LogP contribution in [-0.4, -0.2) is 41.3 Å². The highest BCUT2D eigenvalue weighted by Gasteiger charge is 2.57. The summed E-state index contributed by atoms with van der Waals surface area (Å²) in [6.07, 6.45) is -5.29. The second-order valence-electron chi connectivity index (χ2n) is 6.23. The van der Waals surface area contributed by atoms with Gasteiger partial charge < -0.3 is 20.9 Å². The van der Waals surface area contributed by atoms with E-state index in [1.165, 1.54) is 0 Å². The molecule has 1 amide bonds. The van der Waals surface area contributed by atoms with Crippen LogP contribution in [-0.2, 0) is 15.1 Å². The first-order chi connectivity index (χ1) is 12.1. The number of ether oxygens (including phenoxy) is 1. The quantitative estimate of drug-likeness (QED) is 0.680. The number of alkyl halides is 5. The van der Waals surface area contributed by atoms with E-state index in [2.05, 4.69) is 9.73 Å². The zero-order valence-electron chi connectivity index (χ0n) is 14.0. The average molecular weight is 399 g/mol. The molecule has 0 saturated carbocycles. The summed E-state index contributed by atoms with van der Waals surface area (Å²) in [5.41, 5.74) is -2.19. The largest absolute Gasteiger partial charge is 0.459 e. The molecule has 1 aliphatic heterocycles. The third-order valence-corrected chi connectivity index (χ3v) is 4.19. The minimum Gasteiger partial charge on any atom is -0.459 e. The Bertz CT molecular complexity index is 793. The van der Waals surface area contributed by atoms with Crippen molar-refractivity contribution >= 4 is 17.6 Å². The summed E-state index contributed by atoms with van der Waals surface area (Å²) in [6.45, 7) is -0.123. The molecule has 27 heavy (non-hydrogen) atoms. The van der Waals surface area contributed by atoms with Gasteiger partial charge in [0.15, 0.2) is 12.1 Å². The number of carbonyl (C=O) groups excluding carboxylic acids is 1. The first-order valence-electron chi connectivity index (χ1n) is 7.38. The number of anilines is 1. The van der Waals surface area contributed by atoms with Crippen molar-refractivity contribution in [3.63, 3.8) is 0 Å². The lowest BCUT2D eigenvalue weighted by atomic mass is 9.85. The van der Waals surface area contributed by atoms with E-state index in [1.807, 2.05) is 0 Å². The standard InChI is InChI=1S/C15H15F6N3O3/c1-12(14(17,18)6-27-11(22)24-12)8-5-7(3-4-9(8)16)23-10(25)13(2,26)15(19,20)21/h3-5,26H,6H2,1-2H3,(H2,22,24)(H,23,25)/t12-,13-/m1/s1. The van der Waals surface area contributed by atoms with Gasteiger partial charge in [0.05, 0.1) is 0 Å². The van der Waals surface area contributed by atoms with Gasteiger partial charge in [0, 0.05) is 11.3 Å². The van der Waals surface area contributed by atoms with E-state index in [1.54, 1.807) is 5.32 Å². The van der Waals surface area contributed by atoms with Gasteiger partial charge in [0.25, 0.3) is 11.9 Å². The van der Waals surface area contributed by atoms with Crippen molar-refractivity contribution in [1.82, 2.24) is 0 Å². The smallest absolute Gasteiger partial charge is 0.426 e. The zero-order valence-corrected chi connectivity index (χ0v) is 14.0. The molecule has 12 heteroatoms. The number of hydrogen-bond donors (Lipinski definition) is 3. The molecular weight excluding hydrogens is 384 g/mol. The predicted molar refractivity (Wildman–Crippen MR) is 81.6 cm³/mol. The summed E-state index contributed by atoms with van der Waals surface area (Å²) in [7, 11) is 0. The van der Waals surface area contributed by atoms with Crippen LogP contribution in [0.15, 0.2) is 23.2 Å². The van der Waals surface area contributed by atoms with Gasteiger partial charge in [-0.3, -0.25) is 4.79 Å². The summed E-state index contributed by atoms with van der Waals surface area (Å²) in [5, 5.41) is 11.1. The van der Waals surface area contributed by atoms with Crippen molar-refractivity contribution in [3.05, 3.63) is 29.6 Å². The molecular formula is C15H15F6N3O3. The van der Waals surface area contributed by atoms with Gasteiger partial charge in [-0.2, -0.15) is 22.0 Å². The van der Waals surface area contributed by atoms with Crippen molar-refractivity contribution < 1.29 is 41.0 Å². The van der Waals surface area contributed by atoms with Gasteiger partial charge >= 0.3 is 12.1 Å². The minimum atomic E-state index is -5.29. The van der Waals surface area contributed by atoms with Crippen LogP contribution in [0.4, 0.5) is 32.0 Å². The Labute approximate surface area is 149 Å². The molecule has 0 aromatic heterocycles. The molecule has 0 unspecified atom stereocenters. The summed E-state index contributed by atoms with van der Waals surface area (Å²) < 4.78 is 85.4. The molecule has 0 radical (unpaired) electrons. The van der Waals surface area contributed by atoms with Crippen LogP contribution in [0, 0.1) is 5.82 Å². The lowest BCUT2D eigenvalue weighted by Gasteiger charge is -2.37. The van der Waals surface area contributed by atoms with Crippen LogP contribution in [0.2, 0.25) is 0 Å². The lowest BCUT2D eigenvalue weighted by molar-refractivity contribution is -0.242. The molecule has 2 atom stereocenters. The van der Waals surface area contributed by atoms with E-state index in [0.29, 0.717) is 12.1 Å². The molecule has 1 heterocycles. The highest BCUT2D eigenvalue weighted by Crippen LogP contribution is 2.45. The number of nitrogens with zero attached hydrogens (tertiary/aromatic N) is 1. The maximum atomic E-state index is 14.3. The number of aliphatic imine (C=N–C) groups is 1. The number of halogens is 6. The highest BCUT2D eigenvalue weighted by molar-refractivity contribution is 5.97. The van der Waals surface area contributed by atoms with Crippen LogP contribution in [0.3, 0.4) is 0 Å². The van der Waals surface area contributed by atoms with Crippen LogP contribution >= 0.6 is 0 Å². The first kappa shape index (κ1) is 20.8. The molecule has 6 nitrogen and oxygen atoms in total. The third kappa shape index (κ3) is 3.53. The monoisotopic (exact) mass is 399 g/mol. The Kier molecular flexibility index (Phi) is 4.85. The maximum Gasteiger partial charge on any atom is 0.426 e. The molecule has 0 bridgehead atoms. The third-order valence-electron chi connectivity index (χ3n) is 4.19. The summed E-state index contributed by atoms with van der Waals surface area (Å²) in [4.78, 5) is 15.2. The molecule has 4 N–H and O–H groups in total. The van der Waals surface area contributed by atoms with Crippen molar-refractivity contribution in [2.24, 2.45) is 10.7 Å². The normalized spacial score (nSPS) is 24.4. The van der Waals surface area contributed by atoms with Crippen LogP contribution in [0.1, 0.15) is 19.4 Å². The Morgan fingerprint density at radius 2 is 1.96 bits per heavy atom. The van der Waals surface area contributed by atoms with Crippen molar-refractivity contribution in [3.8, 4) is 0 Å². The van der Waals surface area contributed by atoms with Crippen molar-refractivity contribution in [2.45, 2.75) is 37.1 Å². The second-order valence-corrected chi connectivity index (χ2v) is 6.23. The SMILES string of the molecule is C[C@@](O)(C(=O)Nc1ccc(F)c([C@@]2(C)N=C(N)OCC2(F)F)c1)C(F)(F)F. The van der Waals surface area contributed by atoms with E-state index in [0.717, 1.165) is 13.0 Å². The van der Waals surface area contributed by atoms with E-state index in [9.17, 15) is 36.2 Å². The number of carbonyl (C=O) groups is 1. The summed E-state index contributed by atoms with van der Waals surface area (Å²) in [5.74, 6) is -6.74. The van der Waals surface area contributed by atoms with E-state index >= 15 is 0 Å². The lowest BCUT2D eigenvalue weighted by Crippen LogP contribution is -2.52. The van der Waals surface area contributed by atoms with Crippen molar-refractivity contribution in [1.29, 1.82) is 0 Å². The molecule has 0 saturated heterocycles. The molecule has 0 fully saturated rings. The number of nitrogens with two attached hydrogens (primary N) is 1. The fraction of sp³-hybridized carbons (Fsp3) is 0.467. The Hall–Kier alpha value is -2.50. The number of hydrogen-bond acceptors (Lipinski definition) is 5. The van der Waals surface area contributed by atoms with Gasteiger partial charge in [-0.05, 0) is 32.0 Å². The molecule has 1 aromatic carbocycles. The number of amides is 1. The molecule has 150 valence electrons. The molecule has 0 spiro atoms. The van der Waals surface area contributed by atoms with E-state index < -0.39 is 58.8 Å². The highest BCUT2D eigenvalue weighted by atomic mass is 19.4. The summed E-state index contributed by atoms with van der Waals surface area (Å²) in [6, 6.07) is 1.57. The fourth-order valence-electron chi connectivity index (χ4n) is 2.25. The topological polar surface area (TPSA) is 96.9 Å². The second kappa shape index (κ2) is 6.29. The van der Waals surface area contributed by atoms with Gasteiger partial charge in [-0.1, -0.05) is 0 Å². The van der Waals surface area contributed by atoms with Gasteiger partial charge in [0.2, 0.25) is 5.60 Å². The van der Waals surface area contributed by atoms with Crippen LogP contribution in [0.5, 0.6) is 0 Å². The number of rotatable bonds is 3. The molecule has 1 aliphatic rings. The summed E-state index contributed by atoms with van der Waals surface area (Å²) >= 11 is 0. The number of aliphatic hydroxyl groups is 1. The van der Waals surface area contributed by atoms with Crippen LogP contribution in [0.25, 0.3) is 0 Å². The van der Waals surface area contributed by atoms with Crippen LogP contribution < -0.4 is 11.1 Å². The minimum absolute atomic E-state index is 0.214. The van der Waals surface area contributed by atoms with Gasteiger partial charge in [-0.25, -0.2) is 9.38 Å². The average Bonchev–Trinajstić information content (AvgIpc) is 2.52. The Morgan fingerprint density at radius 3 is 2.52 bits per heavy atom. The number of nitrogens with one attached hydrogen (secondary N) is 1. The van der Waals surface area contributed by atoms with E-state index in [-0.39, 0.29) is 6.92 Å².